The SMILES string of the molecule is CCOC(=O)c1sc2c(c1Cl)CC(NC(=O)OCc1ccccc1)CC2. The van der Waals surface area contributed by atoms with Gasteiger partial charge in [-0.3, -0.25) is 0 Å². The molecule has 0 aliphatic heterocycles. The summed E-state index contributed by atoms with van der Waals surface area (Å²) in [5.74, 6) is -0.385. The molecule has 1 heterocycles. The molecule has 5 nitrogen and oxygen atoms in total. The van der Waals surface area contributed by atoms with Crippen LogP contribution in [-0.2, 0) is 28.9 Å². The van der Waals surface area contributed by atoms with Crippen molar-refractivity contribution in [3.63, 3.8) is 0 Å². The molecule has 1 atom stereocenters. The van der Waals surface area contributed by atoms with Crippen LogP contribution in [0.4, 0.5) is 4.79 Å². The summed E-state index contributed by atoms with van der Waals surface area (Å²) in [5.41, 5.74) is 1.87. The van der Waals surface area contributed by atoms with Gasteiger partial charge in [-0.2, -0.15) is 0 Å². The van der Waals surface area contributed by atoms with E-state index in [1.165, 1.54) is 11.3 Å². The van der Waals surface area contributed by atoms with Crippen LogP contribution in [0.1, 0.15) is 39.0 Å². The number of nitrogens with one attached hydrogen (secondary N) is 1. The molecule has 1 unspecified atom stereocenters. The number of rotatable bonds is 5. The topological polar surface area (TPSA) is 64.6 Å². The molecule has 1 N–H and O–H groups in total. The molecule has 0 radical (unpaired) electrons. The van der Waals surface area contributed by atoms with Gasteiger partial charge in [-0.1, -0.05) is 41.9 Å². The van der Waals surface area contributed by atoms with Crippen molar-refractivity contribution in [1.29, 1.82) is 0 Å². The number of hydrogen-bond acceptors (Lipinski definition) is 5. The van der Waals surface area contributed by atoms with Crippen molar-refractivity contribution in [2.75, 3.05) is 6.61 Å². The van der Waals surface area contributed by atoms with Crippen LogP contribution in [0.3, 0.4) is 0 Å². The van der Waals surface area contributed by atoms with E-state index >= 15 is 0 Å². The summed E-state index contributed by atoms with van der Waals surface area (Å²) in [6, 6.07) is 9.47. The molecule has 1 aromatic heterocycles. The summed E-state index contributed by atoms with van der Waals surface area (Å²) in [5, 5.41) is 3.34. The number of carbonyl (C=O) groups is 2. The van der Waals surface area contributed by atoms with Crippen LogP contribution < -0.4 is 5.32 Å². The Kier molecular flexibility index (Phi) is 6.16. The van der Waals surface area contributed by atoms with Gasteiger partial charge < -0.3 is 14.8 Å². The number of fused-ring (bicyclic) bond motifs is 1. The Bertz CT molecular complexity index is 790. The van der Waals surface area contributed by atoms with Crippen molar-refractivity contribution in [2.24, 2.45) is 0 Å². The number of aryl methyl sites for hydroxylation is 1. The molecule has 0 bridgehead atoms. The minimum atomic E-state index is -0.445. The van der Waals surface area contributed by atoms with Crippen molar-refractivity contribution in [3.8, 4) is 0 Å². The standard InChI is InChI=1S/C19H20ClNO4S/c1-2-24-18(22)17-16(20)14-10-13(8-9-15(14)26-17)21-19(23)25-11-12-6-4-3-5-7-12/h3-7,13H,2,8-11H2,1H3,(H,21,23). The van der Waals surface area contributed by atoms with Crippen LogP contribution in [0.15, 0.2) is 30.3 Å². The fraction of sp³-hybridized carbons (Fsp3) is 0.368. The Morgan fingerprint density at radius 3 is 2.77 bits per heavy atom. The van der Waals surface area contributed by atoms with Gasteiger partial charge in [0.15, 0.2) is 0 Å². The number of carbonyl (C=O) groups excluding carboxylic acids is 2. The van der Waals surface area contributed by atoms with Crippen LogP contribution in [0.2, 0.25) is 5.02 Å². The Morgan fingerprint density at radius 2 is 2.04 bits per heavy atom. The Morgan fingerprint density at radius 1 is 1.27 bits per heavy atom. The Balaban J connectivity index is 1.58. The largest absolute Gasteiger partial charge is 0.462 e. The van der Waals surface area contributed by atoms with Gasteiger partial charge in [0, 0.05) is 10.9 Å². The summed E-state index contributed by atoms with van der Waals surface area (Å²) >= 11 is 7.77. The number of ether oxygens (including phenoxy) is 2. The first-order valence-corrected chi connectivity index (χ1v) is 9.72. The molecule has 1 aliphatic carbocycles. The van der Waals surface area contributed by atoms with Crippen LogP contribution in [0.5, 0.6) is 0 Å². The third kappa shape index (κ3) is 4.37. The van der Waals surface area contributed by atoms with E-state index in [9.17, 15) is 9.59 Å². The highest BCUT2D eigenvalue weighted by Crippen LogP contribution is 2.38. The molecule has 0 saturated heterocycles. The van der Waals surface area contributed by atoms with Gasteiger partial charge in [0.25, 0.3) is 0 Å². The van der Waals surface area contributed by atoms with E-state index in [1.807, 2.05) is 30.3 Å². The molecule has 3 rings (SSSR count). The molecule has 1 aromatic carbocycles. The lowest BCUT2D eigenvalue weighted by molar-refractivity contribution is 0.0532. The van der Waals surface area contributed by atoms with Gasteiger partial charge in [0.2, 0.25) is 0 Å². The number of hydrogen-bond donors (Lipinski definition) is 1. The number of esters is 1. The highest BCUT2D eigenvalue weighted by molar-refractivity contribution is 7.14. The second-order valence-corrected chi connectivity index (χ2v) is 7.50. The van der Waals surface area contributed by atoms with Gasteiger partial charge in [-0.15, -0.1) is 11.3 Å². The predicted molar refractivity (Wildman–Crippen MR) is 101 cm³/mol. The quantitative estimate of drug-likeness (QED) is 0.766. The smallest absolute Gasteiger partial charge is 0.407 e. The maximum Gasteiger partial charge on any atom is 0.407 e. The van der Waals surface area contributed by atoms with Gasteiger partial charge in [0.1, 0.15) is 11.5 Å². The first-order valence-electron chi connectivity index (χ1n) is 8.52. The van der Waals surface area contributed by atoms with Crippen LogP contribution in [0.25, 0.3) is 0 Å². The second kappa shape index (κ2) is 8.56. The van der Waals surface area contributed by atoms with E-state index in [0.717, 1.165) is 28.8 Å². The lowest BCUT2D eigenvalue weighted by Gasteiger charge is -2.23. The van der Waals surface area contributed by atoms with Crippen LogP contribution in [-0.4, -0.2) is 24.7 Å². The zero-order valence-corrected chi connectivity index (χ0v) is 16.0. The van der Waals surface area contributed by atoms with Crippen molar-refractivity contribution >= 4 is 35.0 Å². The molecular formula is C19H20ClNO4S. The molecular weight excluding hydrogens is 374 g/mol. The maximum absolute atomic E-state index is 12.0. The minimum Gasteiger partial charge on any atom is -0.462 e. The van der Waals surface area contributed by atoms with E-state index < -0.39 is 6.09 Å². The predicted octanol–water partition coefficient (Wildman–Crippen LogP) is 4.36. The number of benzene rings is 1. The minimum absolute atomic E-state index is 0.0621. The van der Waals surface area contributed by atoms with E-state index in [2.05, 4.69) is 5.32 Å². The molecule has 1 amide bonds. The van der Waals surface area contributed by atoms with Crippen LogP contribution in [0, 0.1) is 0 Å². The third-order valence-corrected chi connectivity index (χ3v) is 5.99. The first-order chi connectivity index (χ1) is 12.6. The highest BCUT2D eigenvalue weighted by Gasteiger charge is 2.29. The molecule has 26 heavy (non-hydrogen) atoms. The zero-order chi connectivity index (χ0) is 18.5. The second-order valence-electron chi connectivity index (χ2n) is 6.01. The monoisotopic (exact) mass is 393 g/mol. The summed E-state index contributed by atoms with van der Waals surface area (Å²) in [4.78, 5) is 25.6. The number of halogens is 1. The fourth-order valence-corrected chi connectivity index (χ4v) is 4.50. The van der Waals surface area contributed by atoms with Crippen molar-refractivity contribution in [3.05, 3.63) is 56.2 Å². The third-order valence-electron chi connectivity index (χ3n) is 4.19. The van der Waals surface area contributed by atoms with E-state index in [0.29, 0.717) is 22.9 Å². The Labute approximate surface area is 161 Å². The van der Waals surface area contributed by atoms with Gasteiger partial charge in [0.05, 0.1) is 11.6 Å². The van der Waals surface area contributed by atoms with Crippen molar-refractivity contribution in [2.45, 2.75) is 38.8 Å². The average Bonchev–Trinajstić information content (AvgIpc) is 2.98. The number of alkyl carbamates (subject to hydrolysis) is 1. The van der Waals surface area contributed by atoms with E-state index in [1.54, 1.807) is 6.92 Å². The molecule has 7 heteroatoms. The molecule has 138 valence electrons. The highest BCUT2D eigenvalue weighted by atomic mass is 35.5. The summed E-state index contributed by atoms with van der Waals surface area (Å²) in [6.45, 7) is 2.31. The lowest BCUT2D eigenvalue weighted by Crippen LogP contribution is -2.38. The molecule has 2 aromatic rings. The normalized spacial score (nSPS) is 15.8. The molecule has 0 fully saturated rings. The average molecular weight is 394 g/mol. The molecule has 0 spiro atoms. The number of thiophene rings is 1. The zero-order valence-electron chi connectivity index (χ0n) is 14.4. The van der Waals surface area contributed by atoms with Gasteiger partial charge in [-0.05, 0) is 37.3 Å². The first kappa shape index (κ1) is 18.7. The van der Waals surface area contributed by atoms with Crippen molar-refractivity contribution in [1.82, 2.24) is 5.32 Å². The fourth-order valence-electron chi connectivity index (χ4n) is 2.93. The lowest BCUT2D eigenvalue weighted by atomic mass is 9.94. The summed E-state index contributed by atoms with van der Waals surface area (Å²) in [6.07, 6.45) is 1.69. The van der Waals surface area contributed by atoms with E-state index in [-0.39, 0.29) is 18.6 Å². The Hall–Kier alpha value is -2.05. The molecule has 1 aliphatic rings. The molecule has 0 saturated carbocycles. The summed E-state index contributed by atoms with van der Waals surface area (Å²) < 4.78 is 10.3. The van der Waals surface area contributed by atoms with E-state index in [4.69, 9.17) is 21.1 Å². The summed E-state index contributed by atoms with van der Waals surface area (Å²) in [7, 11) is 0. The van der Waals surface area contributed by atoms with Gasteiger partial charge in [-0.25, -0.2) is 9.59 Å². The maximum atomic E-state index is 12.0. The number of amides is 1. The van der Waals surface area contributed by atoms with Gasteiger partial charge >= 0.3 is 12.1 Å². The van der Waals surface area contributed by atoms with Crippen LogP contribution >= 0.6 is 22.9 Å². The van der Waals surface area contributed by atoms with Crippen molar-refractivity contribution < 1.29 is 19.1 Å².